The first-order valence-electron chi connectivity index (χ1n) is 7.28. The first kappa shape index (κ1) is 16.2. The van der Waals surface area contributed by atoms with Gasteiger partial charge in [0.05, 0.1) is 17.8 Å². The fourth-order valence-electron chi connectivity index (χ4n) is 2.20. The fraction of sp³-hybridized carbons (Fsp3) is 0.235. The smallest absolute Gasteiger partial charge is 0.350 e. The summed E-state index contributed by atoms with van der Waals surface area (Å²) in [5, 5.41) is 4.83. The number of aromatic nitrogens is 2. The van der Waals surface area contributed by atoms with Gasteiger partial charge >= 0.3 is 5.97 Å². The molecule has 0 unspecified atom stereocenters. The highest BCUT2D eigenvalue weighted by Gasteiger charge is 2.16. The third-order valence-electron chi connectivity index (χ3n) is 3.38. The van der Waals surface area contributed by atoms with Gasteiger partial charge in [-0.05, 0) is 38.1 Å². The van der Waals surface area contributed by atoms with Gasteiger partial charge in [0.25, 0.3) is 0 Å². The topological polar surface area (TPSA) is 74.5 Å². The predicted molar refractivity (Wildman–Crippen MR) is 89.2 cm³/mol. The number of thiazole rings is 1. The normalized spacial score (nSPS) is 10.6. The SMILES string of the molecule is COc1ccc(-c2cc(COC(=O)c3sc(C)nc3C)on2)cc1. The van der Waals surface area contributed by atoms with Gasteiger partial charge in [0.1, 0.15) is 16.3 Å². The minimum atomic E-state index is -0.402. The molecule has 2 aromatic heterocycles. The van der Waals surface area contributed by atoms with Crippen molar-refractivity contribution in [1.29, 1.82) is 0 Å². The monoisotopic (exact) mass is 344 g/mol. The van der Waals surface area contributed by atoms with Crippen molar-refractivity contribution in [3.63, 3.8) is 0 Å². The van der Waals surface area contributed by atoms with Gasteiger partial charge in [0.15, 0.2) is 12.4 Å². The second-order valence-electron chi connectivity index (χ2n) is 5.13. The van der Waals surface area contributed by atoms with Crippen molar-refractivity contribution in [2.75, 3.05) is 7.11 Å². The average Bonchev–Trinajstić information content (AvgIpc) is 3.19. The summed E-state index contributed by atoms with van der Waals surface area (Å²) >= 11 is 1.32. The van der Waals surface area contributed by atoms with Crippen molar-refractivity contribution in [3.05, 3.63) is 51.7 Å². The quantitative estimate of drug-likeness (QED) is 0.656. The number of hydrogen-bond donors (Lipinski definition) is 0. The second-order valence-corrected chi connectivity index (χ2v) is 6.33. The summed E-state index contributed by atoms with van der Waals surface area (Å²) in [6.45, 7) is 3.67. The van der Waals surface area contributed by atoms with Gasteiger partial charge in [-0.25, -0.2) is 9.78 Å². The molecule has 0 spiro atoms. The van der Waals surface area contributed by atoms with Gasteiger partial charge < -0.3 is 14.0 Å². The van der Waals surface area contributed by atoms with Crippen molar-refractivity contribution in [2.45, 2.75) is 20.5 Å². The summed E-state index contributed by atoms with van der Waals surface area (Å²) in [6, 6.07) is 9.21. The number of hydrogen-bond acceptors (Lipinski definition) is 7. The molecular formula is C17H16N2O4S. The highest BCUT2D eigenvalue weighted by Crippen LogP contribution is 2.23. The Bertz CT molecular complexity index is 852. The van der Waals surface area contributed by atoms with Crippen LogP contribution in [0.1, 0.15) is 26.1 Å². The van der Waals surface area contributed by atoms with Gasteiger partial charge in [0, 0.05) is 11.6 Å². The van der Waals surface area contributed by atoms with Crippen LogP contribution in [0.5, 0.6) is 5.75 Å². The summed E-state index contributed by atoms with van der Waals surface area (Å²) in [5.74, 6) is 0.847. The molecule has 0 aliphatic rings. The van der Waals surface area contributed by atoms with Crippen LogP contribution in [0.3, 0.4) is 0 Å². The summed E-state index contributed by atoms with van der Waals surface area (Å²) < 4.78 is 15.6. The first-order valence-corrected chi connectivity index (χ1v) is 8.09. The summed E-state index contributed by atoms with van der Waals surface area (Å²) in [4.78, 5) is 16.8. The third kappa shape index (κ3) is 3.46. The molecule has 0 atom stereocenters. The zero-order valence-electron chi connectivity index (χ0n) is 13.5. The number of carbonyl (C=O) groups is 1. The number of ether oxygens (including phenoxy) is 2. The molecule has 1 aromatic carbocycles. The van der Waals surface area contributed by atoms with Gasteiger partial charge in [-0.15, -0.1) is 11.3 Å². The van der Waals surface area contributed by atoms with Gasteiger partial charge in [-0.2, -0.15) is 0 Å². The summed E-state index contributed by atoms with van der Waals surface area (Å²) in [6.07, 6.45) is 0. The van der Waals surface area contributed by atoms with E-state index in [-0.39, 0.29) is 6.61 Å². The average molecular weight is 344 g/mol. The van der Waals surface area contributed by atoms with Crippen LogP contribution in [0.25, 0.3) is 11.3 Å². The Morgan fingerprint density at radius 2 is 2.00 bits per heavy atom. The van der Waals surface area contributed by atoms with E-state index in [0.717, 1.165) is 16.3 Å². The molecule has 0 N–H and O–H groups in total. The van der Waals surface area contributed by atoms with Gasteiger partial charge in [-0.3, -0.25) is 0 Å². The standard InChI is InChI=1S/C17H16N2O4S/c1-10-16(24-11(2)18-10)17(20)22-9-14-8-15(19-23-14)12-4-6-13(21-3)7-5-12/h4-8H,9H2,1-3H3. The Balaban J connectivity index is 1.65. The van der Waals surface area contributed by atoms with Crippen LogP contribution in [-0.4, -0.2) is 23.2 Å². The maximum atomic E-state index is 12.1. The van der Waals surface area contributed by atoms with E-state index in [4.69, 9.17) is 14.0 Å². The van der Waals surface area contributed by atoms with Crippen molar-refractivity contribution in [2.24, 2.45) is 0 Å². The Labute approximate surface area is 143 Å². The van der Waals surface area contributed by atoms with E-state index in [9.17, 15) is 4.79 Å². The van der Waals surface area contributed by atoms with E-state index in [0.29, 0.717) is 22.0 Å². The number of rotatable bonds is 5. The number of nitrogens with zero attached hydrogens (tertiary/aromatic N) is 2. The molecule has 0 fully saturated rings. The fourth-order valence-corrected chi connectivity index (χ4v) is 3.02. The molecular weight excluding hydrogens is 328 g/mol. The lowest BCUT2D eigenvalue weighted by Crippen LogP contribution is -2.04. The van der Waals surface area contributed by atoms with E-state index in [2.05, 4.69) is 10.1 Å². The Hall–Kier alpha value is -2.67. The van der Waals surface area contributed by atoms with Crippen molar-refractivity contribution >= 4 is 17.3 Å². The molecule has 0 saturated heterocycles. The van der Waals surface area contributed by atoms with E-state index in [1.54, 1.807) is 20.1 Å². The molecule has 0 aliphatic carbocycles. The number of methoxy groups -OCH3 is 1. The van der Waals surface area contributed by atoms with E-state index < -0.39 is 5.97 Å². The zero-order valence-corrected chi connectivity index (χ0v) is 14.3. The lowest BCUT2D eigenvalue weighted by molar-refractivity contribution is 0.0442. The number of carbonyl (C=O) groups excluding carboxylic acids is 1. The van der Waals surface area contributed by atoms with Crippen LogP contribution in [0.15, 0.2) is 34.9 Å². The summed E-state index contributed by atoms with van der Waals surface area (Å²) in [7, 11) is 1.61. The highest BCUT2D eigenvalue weighted by atomic mass is 32.1. The van der Waals surface area contributed by atoms with E-state index in [1.807, 2.05) is 31.2 Å². The van der Waals surface area contributed by atoms with Crippen LogP contribution in [-0.2, 0) is 11.3 Å². The number of benzene rings is 1. The Kier molecular flexibility index (Phi) is 4.61. The van der Waals surface area contributed by atoms with Crippen LogP contribution >= 0.6 is 11.3 Å². The molecule has 124 valence electrons. The van der Waals surface area contributed by atoms with Crippen LogP contribution < -0.4 is 4.74 Å². The zero-order chi connectivity index (χ0) is 17.1. The largest absolute Gasteiger partial charge is 0.497 e. The minimum absolute atomic E-state index is 0.0262. The molecule has 0 bridgehead atoms. The lowest BCUT2D eigenvalue weighted by Gasteiger charge is -2.00. The lowest BCUT2D eigenvalue weighted by atomic mass is 10.1. The Morgan fingerprint density at radius 1 is 1.25 bits per heavy atom. The maximum Gasteiger partial charge on any atom is 0.350 e. The molecule has 3 aromatic rings. The van der Waals surface area contributed by atoms with Crippen LogP contribution in [0, 0.1) is 13.8 Å². The predicted octanol–water partition coefficient (Wildman–Crippen LogP) is 3.78. The first-order chi connectivity index (χ1) is 11.6. The summed E-state index contributed by atoms with van der Waals surface area (Å²) in [5.41, 5.74) is 2.25. The third-order valence-corrected chi connectivity index (χ3v) is 4.43. The number of esters is 1. The van der Waals surface area contributed by atoms with E-state index in [1.165, 1.54) is 11.3 Å². The van der Waals surface area contributed by atoms with Gasteiger partial charge in [0.2, 0.25) is 0 Å². The molecule has 7 heteroatoms. The van der Waals surface area contributed by atoms with Crippen LogP contribution in [0.2, 0.25) is 0 Å². The van der Waals surface area contributed by atoms with Crippen molar-refractivity contribution in [3.8, 4) is 17.0 Å². The molecule has 0 saturated carbocycles. The number of aryl methyl sites for hydroxylation is 2. The molecule has 0 radical (unpaired) electrons. The molecule has 24 heavy (non-hydrogen) atoms. The van der Waals surface area contributed by atoms with Gasteiger partial charge in [-0.1, -0.05) is 5.16 Å². The van der Waals surface area contributed by atoms with Crippen molar-refractivity contribution < 1.29 is 18.8 Å². The molecule has 2 heterocycles. The minimum Gasteiger partial charge on any atom is -0.497 e. The molecule has 0 amide bonds. The van der Waals surface area contributed by atoms with Crippen molar-refractivity contribution in [1.82, 2.24) is 10.1 Å². The maximum absolute atomic E-state index is 12.1. The molecule has 6 nitrogen and oxygen atoms in total. The Morgan fingerprint density at radius 3 is 2.62 bits per heavy atom. The molecule has 0 aliphatic heterocycles. The van der Waals surface area contributed by atoms with E-state index >= 15 is 0 Å². The second kappa shape index (κ2) is 6.84. The highest BCUT2D eigenvalue weighted by molar-refractivity contribution is 7.13. The van der Waals surface area contributed by atoms with Crippen LogP contribution in [0.4, 0.5) is 0 Å². The molecule has 3 rings (SSSR count).